The average molecular weight is 360 g/mol. The molecule has 0 radical (unpaired) electrons. The highest BCUT2D eigenvalue weighted by Crippen LogP contribution is 2.28. The number of benzene rings is 1. The fourth-order valence-electron chi connectivity index (χ4n) is 2.12. The molecule has 0 spiro atoms. The van der Waals surface area contributed by atoms with E-state index in [4.69, 9.17) is 0 Å². The van der Waals surface area contributed by atoms with Gasteiger partial charge in [-0.3, -0.25) is 4.90 Å². The van der Waals surface area contributed by atoms with Gasteiger partial charge >= 0.3 is 0 Å². The number of hydrogen-bond acceptors (Lipinski definition) is 2. The molecule has 1 atom stereocenters. The van der Waals surface area contributed by atoms with E-state index in [2.05, 4.69) is 26.1 Å². The summed E-state index contributed by atoms with van der Waals surface area (Å²) in [5.41, 5.74) is 1.05. The molecule has 1 saturated heterocycles. The maximum absolute atomic E-state index is 13.2. The molecular formula is C12H18BrCl2FN2. The topological polar surface area (TPSA) is 15.3 Å². The van der Waals surface area contributed by atoms with Crippen molar-refractivity contribution in [2.45, 2.75) is 6.04 Å². The van der Waals surface area contributed by atoms with E-state index in [9.17, 15) is 4.39 Å². The molecular weight excluding hydrogens is 342 g/mol. The lowest BCUT2D eigenvalue weighted by Gasteiger charge is -2.34. The Bertz CT molecular complexity index is 349. The summed E-state index contributed by atoms with van der Waals surface area (Å²) in [5.74, 6) is 0. The predicted octanol–water partition coefficient (Wildman–Crippen LogP) is 3.21. The Balaban J connectivity index is 0.00000144. The zero-order chi connectivity index (χ0) is 11.4. The van der Waals surface area contributed by atoms with Gasteiger partial charge in [0, 0.05) is 30.7 Å². The zero-order valence-electron chi connectivity index (χ0n) is 9.94. The first-order valence-electron chi connectivity index (χ1n) is 5.58. The van der Waals surface area contributed by atoms with E-state index >= 15 is 0 Å². The highest BCUT2D eigenvalue weighted by Gasteiger charge is 2.23. The van der Waals surface area contributed by atoms with E-state index in [0.29, 0.717) is 0 Å². The normalized spacial score (nSPS) is 17.4. The van der Waals surface area contributed by atoms with Gasteiger partial charge in [0.15, 0.2) is 0 Å². The van der Waals surface area contributed by atoms with E-state index < -0.39 is 0 Å². The van der Waals surface area contributed by atoms with Gasteiger partial charge in [0.1, 0.15) is 6.67 Å². The van der Waals surface area contributed by atoms with Crippen LogP contribution in [0.3, 0.4) is 0 Å². The van der Waals surface area contributed by atoms with Gasteiger partial charge in [-0.1, -0.05) is 34.1 Å². The summed E-state index contributed by atoms with van der Waals surface area (Å²) in [6.45, 7) is 3.39. The van der Waals surface area contributed by atoms with Gasteiger partial charge in [0.05, 0.1) is 6.04 Å². The third-order valence-electron chi connectivity index (χ3n) is 3.00. The minimum Gasteiger partial charge on any atom is -0.314 e. The van der Waals surface area contributed by atoms with Crippen LogP contribution in [-0.4, -0.2) is 37.8 Å². The van der Waals surface area contributed by atoms with Crippen LogP contribution in [0.1, 0.15) is 11.6 Å². The fraction of sp³-hybridized carbons (Fsp3) is 0.500. The van der Waals surface area contributed by atoms with E-state index in [1.54, 1.807) is 0 Å². The Morgan fingerprint density at radius 3 is 2.39 bits per heavy atom. The smallest absolute Gasteiger partial charge is 0.109 e. The molecule has 0 amide bonds. The first-order valence-corrected chi connectivity index (χ1v) is 6.37. The van der Waals surface area contributed by atoms with Crippen LogP contribution in [-0.2, 0) is 0 Å². The minimum absolute atomic E-state index is 0. The maximum Gasteiger partial charge on any atom is 0.109 e. The van der Waals surface area contributed by atoms with Crippen LogP contribution in [0.15, 0.2) is 28.7 Å². The lowest BCUT2D eigenvalue weighted by Crippen LogP contribution is -2.45. The van der Waals surface area contributed by atoms with Gasteiger partial charge in [-0.2, -0.15) is 0 Å². The third-order valence-corrected chi connectivity index (χ3v) is 3.72. The first-order chi connectivity index (χ1) is 7.83. The van der Waals surface area contributed by atoms with Crippen molar-refractivity contribution in [2.75, 3.05) is 32.9 Å². The quantitative estimate of drug-likeness (QED) is 0.891. The maximum atomic E-state index is 13.2. The molecule has 2 nitrogen and oxygen atoms in total. The molecule has 1 N–H and O–H groups in total. The summed E-state index contributed by atoms with van der Waals surface area (Å²) >= 11 is 3.50. The van der Waals surface area contributed by atoms with Crippen molar-refractivity contribution in [1.82, 2.24) is 10.2 Å². The molecule has 1 fully saturated rings. The monoisotopic (exact) mass is 358 g/mol. The zero-order valence-corrected chi connectivity index (χ0v) is 13.2. The lowest BCUT2D eigenvalue weighted by molar-refractivity contribution is 0.147. The largest absolute Gasteiger partial charge is 0.314 e. The summed E-state index contributed by atoms with van der Waals surface area (Å²) in [7, 11) is 0. The van der Waals surface area contributed by atoms with Gasteiger partial charge < -0.3 is 5.32 Å². The Morgan fingerprint density at radius 2 is 1.83 bits per heavy atom. The fourth-order valence-corrected chi connectivity index (χ4v) is 2.67. The molecule has 1 aromatic carbocycles. The number of halogens is 4. The van der Waals surface area contributed by atoms with Gasteiger partial charge in [-0.15, -0.1) is 24.8 Å². The van der Waals surface area contributed by atoms with Gasteiger partial charge in [-0.25, -0.2) is 4.39 Å². The Labute approximate surface area is 128 Å². The number of nitrogens with one attached hydrogen (secondary N) is 1. The van der Waals surface area contributed by atoms with Crippen molar-refractivity contribution < 1.29 is 4.39 Å². The van der Waals surface area contributed by atoms with Gasteiger partial charge in [0.25, 0.3) is 0 Å². The number of nitrogens with zero attached hydrogens (tertiary/aromatic N) is 1. The van der Waals surface area contributed by atoms with Crippen molar-refractivity contribution in [3.63, 3.8) is 0 Å². The number of piperazine rings is 1. The molecule has 1 aliphatic heterocycles. The molecule has 0 saturated carbocycles. The van der Waals surface area contributed by atoms with Gasteiger partial charge in [-0.05, 0) is 11.6 Å². The molecule has 0 aliphatic carbocycles. The number of rotatable bonds is 3. The summed E-state index contributed by atoms with van der Waals surface area (Å²) < 4.78 is 14.2. The molecule has 1 heterocycles. The van der Waals surface area contributed by atoms with Crippen LogP contribution in [0.4, 0.5) is 4.39 Å². The predicted molar refractivity (Wildman–Crippen MR) is 81.8 cm³/mol. The van der Waals surface area contributed by atoms with Crippen LogP contribution in [0, 0.1) is 0 Å². The molecule has 18 heavy (non-hydrogen) atoms. The van der Waals surface area contributed by atoms with Crippen molar-refractivity contribution in [3.05, 3.63) is 34.3 Å². The van der Waals surface area contributed by atoms with Crippen LogP contribution in [0.5, 0.6) is 0 Å². The third kappa shape index (κ3) is 4.35. The van der Waals surface area contributed by atoms with Gasteiger partial charge in [0.2, 0.25) is 0 Å². The van der Waals surface area contributed by atoms with Crippen LogP contribution in [0.2, 0.25) is 0 Å². The molecule has 0 bridgehead atoms. The molecule has 104 valence electrons. The van der Waals surface area contributed by atoms with Crippen LogP contribution >= 0.6 is 40.7 Å². The van der Waals surface area contributed by atoms with Crippen molar-refractivity contribution in [3.8, 4) is 0 Å². The summed E-state index contributed by atoms with van der Waals surface area (Å²) in [6.07, 6.45) is 0. The van der Waals surface area contributed by atoms with E-state index in [-0.39, 0.29) is 37.5 Å². The Kier molecular flexibility index (Phi) is 9.17. The second-order valence-corrected chi connectivity index (χ2v) is 4.83. The second-order valence-electron chi connectivity index (χ2n) is 3.98. The van der Waals surface area contributed by atoms with Crippen molar-refractivity contribution >= 4 is 40.7 Å². The summed E-state index contributed by atoms with van der Waals surface area (Å²) in [4.78, 5) is 2.20. The summed E-state index contributed by atoms with van der Waals surface area (Å²) in [6, 6.07) is 7.78. The highest BCUT2D eigenvalue weighted by atomic mass is 79.9. The molecule has 1 aliphatic rings. The van der Waals surface area contributed by atoms with E-state index in [1.165, 1.54) is 0 Å². The SMILES string of the molecule is Cl.Cl.FC[C@@H](c1ccccc1Br)N1CCNCC1. The summed E-state index contributed by atoms with van der Waals surface area (Å²) in [5, 5.41) is 3.28. The van der Waals surface area contributed by atoms with E-state index in [0.717, 1.165) is 36.2 Å². The molecule has 6 heteroatoms. The average Bonchev–Trinajstić information content (AvgIpc) is 2.34. The molecule has 2 rings (SSSR count). The van der Waals surface area contributed by atoms with Crippen LogP contribution < -0.4 is 5.32 Å². The Hall–Kier alpha value is 0.130. The number of alkyl halides is 1. The Morgan fingerprint density at radius 1 is 1.22 bits per heavy atom. The number of hydrogen-bond donors (Lipinski definition) is 1. The standard InChI is InChI=1S/C12H16BrFN2.2ClH/c13-11-4-2-1-3-10(11)12(9-14)16-7-5-15-6-8-16;;/h1-4,12,15H,5-9H2;2*1H/t12-;;/m0../s1. The lowest BCUT2D eigenvalue weighted by atomic mass is 10.1. The molecule has 1 aromatic rings. The molecule has 0 unspecified atom stereocenters. The van der Waals surface area contributed by atoms with Crippen molar-refractivity contribution in [2.24, 2.45) is 0 Å². The minimum atomic E-state index is -0.331. The second kappa shape index (κ2) is 9.10. The van der Waals surface area contributed by atoms with Crippen LogP contribution in [0.25, 0.3) is 0 Å². The van der Waals surface area contributed by atoms with E-state index in [1.807, 2.05) is 24.3 Å². The highest BCUT2D eigenvalue weighted by molar-refractivity contribution is 9.10. The van der Waals surface area contributed by atoms with Crippen molar-refractivity contribution in [1.29, 1.82) is 0 Å². The first kappa shape index (κ1) is 18.1. The molecule has 0 aromatic heterocycles.